The van der Waals surface area contributed by atoms with Crippen LogP contribution in [0.25, 0.3) is 20.7 Å². The van der Waals surface area contributed by atoms with E-state index in [2.05, 4.69) is 5.32 Å². The van der Waals surface area contributed by atoms with Crippen LogP contribution in [-0.4, -0.2) is 38.9 Å². The zero-order chi connectivity index (χ0) is 33.5. The van der Waals surface area contributed by atoms with Crippen LogP contribution in [0.4, 0.5) is 14.5 Å². The van der Waals surface area contributed by atoms with Gasteiger partial charge >= 0.3 is 0 Å². The molecule has 7 nitrogen and oxygen atoms in total. The summed E-state index contributed by atoms with van der Waals surface area (Å²) in [4.78, 5) is 43.5. The molecule has 2 heterocycles. The number of carbonyl (C=O) groups excluding carboxylic acids is 2. The summed E-state index contributed by atoms with van der Waals surface area (Å²) in [7, 11) is 1.88. The number of aliphatic hydroxyl groups is 1. The van der Waals surface area contributed by atoms with Gasteiger partial charge in [-0.1, -0.05) is 62.4 Å². The molecule has 3 aromatic carbocycles. The smallest absolute Gasteiger partial charge is 0.256 e. The number of hydrogen-bond donors (Lipinski definition) is 2. The maximum absolute atomic E-state index is 15.1. The number of amides is 1. The van der Waals surface area contributed by atoms with E-state index in [1.807, 2.05) is 42.3 Å². The van der Waals surface area contributed by atoms with Crippen molar-refractivity contribution in [3.63, 3.8) is 0 Å². The van der Waals surface area contributed by atoms with Gasteiger partial charge in [-0.05, 0) is 61.3 Å². The van der Waals surface area contributed by atoms with Crippen molar-refractivity contribution in [2.45, 2.75) is 51.9 Å². The summed E-state index contributed by atoms with van der Waals surface area (Å²) < 4.78 is 32.0. The first-order valence-electron chi connectivity index (χ1n) is 15.5. The summed E-state index contributed by atoms with van der Waals surface area (Å²) in [5.41, 5.74) is 0.816. The largest absolute Gasteiger partial charge is 0.380 e. The predicted octanol–water partition coefficient (Wildman–Crippen LogP) is 6.99. The number of thiophene rings is 1. The van der Waals surface area contributed by atoms with Gasteiger partial charge in [-0.3, -0.25) is 19.3 Å². The Kier molecular flexibility index (Phi) is 8.93. The molecule has 1 aliphatic carbocycles. The third-order valence-corrected chi connectivity index (χ3v) is 9.69. The highest BCUT2D eigenvalue weighted by Crippen LogP contribution is 2.37. The van der Waals surface area contributed by atoms with Gasteiger partial charge in [-0.15, -0.1) is 11.3 Å². The summed E-state index contributed by atoms with van der Waals surface area (Å²) in [6, 6.07) is 22.2. The maximum atomic E-state index is 15.1. The fourth-order valence-corrected chi connectivity index (χ4v) is 6.83. The van der Waals surface area contributed by atoms with Crippen LogP contribution in [-0.2, 0) is 24.4 Å². The molecule has 0 bridgehead atoms. The number of nitrogens with one attached hydrogen (secondary N) is 1. The number of fused-ring (bicyclic) bond motifs is 1. The number of benzene rings is 3. The SMILES string of the molecule is CC(C)C(=O)c1c(CN(C)Cc2ccccc2)n(Cc2c(F)cccc2F)c2sc(-c3ccc(NC(=O)C4(O)CC4)cc3)cc2c1=O. The minimum absolute atomic E-state index is 0.0181. The van der Waals surface area contributed by atoms with Gasteiger partial charge in [0.2, 0.25) is 5.43 Å². The number of nitrogens with zero attached hydrogens (tertiary/aromatic N) is 2. The highest BCUT2D eigenvalue weighted by atomic mass is 32.1. The molecule has 1 aliphatic rings. The molecular formula is C37H35F2N3O4S. The van der Waals surface area contributed by atoms with Crippen molar-refractivity contribution in [3.05, 3.63) is 123 Å². The lowest BCUT2D eigenvalue weighted by molar-refractivity contribution is -0.125. The van der Waals surface area contributed by atoms with Crippen LogP contribution in [0.3, 0.4) is 0 Å². The van der Waals surface area contributed by atoms with E-state index in [1.165, 1.54) is 29.5 Å². The third-order valence-electron chi connectivity index (χ3n) is 8.48. The highest BCUT2D eigenvalue weighted by Gasteiger charge is 2.48. The number of halogens is 2. The number of rotatable bonds is 11. The van der Waals surface area contributed by atoms with E-state index in [1.54, 1.807) is 48.7 Å². The quantitative estimate of drug-likeness (QED) is 0.150. The van der Waals surface area contributed by atoms with Crippen molar-refractivity contribution in [2.75, 3.05) is 12.4 Å². The maximum Gasteiger partial charge on any atom is 0.256 e. The van der Waals surface area contributed by atoms with Crippen LogP contribution in [0.2, 0.25) is 0 Å². The third kappa shape index (κ3) is 6.67. The van der Waals surface area contributed by atoms with E-state index in [-0.39, 0.29) is 35.4 Å². The second-order valence-electron chi connectivity index (χ2n) is 12.5. The van der Waals surface area contributed by atoms with Crippen molar-refractivity contribution in [1.29, 1.82) is 0 Å². The molecule has 1 saturated carbocycles. The molecule has 242 valence electrons. The minimum Gasteiger partial charge on any atom is -0.380 e. The first-order chi connectivity index (χ1) is 22.4. The summed E-state index contributed by atoms with van der Waals surface area (Å²) >= 11 is 1.29. The molecule has 2 aromatic heterocycles. The summed E-state index contributed by atoms with van der Waals surface area (Å²) in [5, 5.41) is 13.1. The second-order valence-corrected chi connectivity index (χ2v) is 13.5. The van der Waals surface area contributed by atoms with E-state index in [0.29, 0.717) is 40.5 Å². The lowest BCUT2D eigenvalue weighted by Gasteiger charge is -2.24. The Morgan fingerprint density at radius 2 is 1.64 bits per heavy atom. The Balaban J connectivity index is 1.49. The van der Waals surface area contributed by atoms with Gasteiger partial charge in [-0.25, -0.2) is 8.78 Å². The van der Waals surface area contributed by atoms with Gasteiger partial charge in [0, 0.05) is 40.8 Å². The van der Waals surface area contributed by atoms with E-state index in [0.717, 1.165) is 11.1 Å². The molecule has 1 fully saturated rings. The summed E-state index contributed by atoms with van der Waals surface area (Å²) in [6.45, 7) is 3.93. The fraction of sp³-hybridized carbons (Fsp3) is 0.270. The minimum atomic E-state index is -1.31. The average Bonchev–Trinajstić information content (AvgIpc) is 3.64. The normalized spacial score (nSPS) is 13.8. The molecular weight excluding hydrogens is 620 g/mol. The Morgan fingerprint density at radius 3 is 2.26 bits per heavy atom. The van der Waals surface area contributed by atoms with Crippen LogP contribution in [0.15, 0.2) is 83.7 Å². The summed E-state index contributed by atoms with van der Waals surface area (Å²) in [6.07, 6.45) is 0.858. The molecule has 6 rings (SSSR count). The number of Topliss-reactive ketones (excluding diaryl/α,β-unsaturated/α-hetero) is 1. The van der Waals surface area contributed by atoms with Crippen LogP contribution in [0.5, 0.6) is 0 Å². The molecule has 2 N–H and O–H groups in total. The van der Waals surface area contributed by atoms with E-state index in [4.69, 9.17) is 0 Å². The van der Waals surface area contributed by atoms with Crippen molar-refractivity contribution in [2.24, 2.45) is 5.92 Å². The lowest BCUT2D eigenvalue weighted by Crippen LogP contribution is -2.30. The number of hydrogen-bond acceptors (Lipinski definition) is 6. The number of pyridine rings is 1. The summed E-state index contributed by atoms with van der Waals surface area (Å²) in [5.74, 6) is -2.72. The Labute approximate surface area is 275 Å². The molecule has 0 saturated heterocycles. The van der Waals surface area contributed by atoms with Crippen LogP contribution >= 0.6 is 11.3 Å². The number of ketones is 1. The second kappa shape index (κ2) is 12.9. The van der Waals surface area contributed by atoms with Gasteiger partial charge in [0.1, 0.15) is 22.1 Å². The van der Waals surface area contributed by atoms with Gasteiger partial charge < -0.3 is 15.0 Å². The van der Waals surface area contributed by atoms with Gasteiger partial charge in [0.25, 0.3) is 5.91 Å². The first kappa shape index (κ1) is 32.4. The highest BCUT2D eigenvalue weighted by molar-refractivity contribution is 7.21. The monoisotopic (exact) mass is 655 g/mol. The molecule has 0 spiro atoms. The predicted molar refractivity (Wildman–Crippen MR) is 181 cm³/mol. The average molecular weight is 656 g/mol. The zero-order valence-corrected chi connectivity index (χ0v) is 27.2. The molecule has 47 heavy (non-hydrogen) atoms. The number of aromatic nitrogens is 1. The standard InChI is InChI=1S/C37H35F2N3O4S/c1-22(2)33(43)32-30(21-41(3)19-23-8-5-4-6-9-23)42(20-27-28(38)10-7-11-29(27)39)35-26(34(32)44)18-31(47-35)24-12-14-25(15-13-24)40-36(45)37(46)16-17-37/h4-15,18,22,46H,16-17,19-21H2,1-3H3,(H,40,45). The lowest BCUT2D eigenvalue weighted by atomic mass is 9.97. The molecule has 0 unspecified atom stereocenters. The van der Waals surface area contributed by atoms with Crippen LogP contribution in [0.1, 0.15) is 53.9 Å². The van der Waals surface area contributed by atoms with E-state index >= 15 is 8.78 Å². The Hall–Kier alpha value is -4.51. The molecule has 0 aliphatic heterocycles. The van der Waals surface area contributed by atoms with Gasteiger partial charge in [-0.2, -0.15) is 0 Å². The zero-order valence-electron chi connectivity index (χ0n) is 26.3. The van der Waals surface area contributed by atoms with E-state index in [9.17, 15) is 19.5 Å². The Morgan fingerprint density at radius 1 is 0.979 bits per heavy atom. The first-order valence-corrected chi connectivity index (χ1v) is 16.3. The number of anilines is 1. The molecule has 1 amide bonds. The fourth-order valence-electron chi connectivity index (χ4n) is 5.64. The van der Waals surface area contributed by atoms with Gasteiger partial charge in [0.05, 0.1) is 17.5 Å². The van der Waals surface area contributed by atoms with Crippen LogP contribution < -0.4 is 10.7 Å². The van der Waals surface area contributed by atoms with Crippen LogP contribution in [0, 0.1) is 17.6 Å². The van der Waals surface area contributed by atoms with Gasteiger partial charge in [0.15, 0.2) is 5.78 Å². The van der Waals surface area contributed by atoms with Crippen molar-refractivity contribution in [3.8, 4) is 10.4 Å². The van der Waals surface area contributed by atoms with Crippen molar-refractivity contribution < 1.29 is 23.5 Å². The molecule has 0 radical (unpaired) electrons. The van der Waals surface area contributed by atoms with Crippen molar-refractivity contribution >= 4 is 38.9 Å². The molecule has 0 atom stereocenters. The topological polar surface area (TPSA) is 91.6 Å². The molecule has 5 aromatic rings. The molecule has 10 heteroatoms. The number of carbonyl (C=O) groups is 2. The van der Waals surface area contributed by atoms with Crippen molar-refractivity contribution in [1.82, 2.24) is 9.47 Å². The Bertz CT molecular complexity index is 2010. The van der Waals surface area contributed by atoms with E-state index < -0.39 is 34.5 Å².